The number of methoxy groups -OCH3 is 1. The molecule has 0 spiro atoms. The van der Waals surface area contributed by atoms with Crippen LogP contribution >= 0.6 is 0 Å². The molecule has 0 aromatic rings. The van der Waals surface area contributed by atoms with Crippen LogP contribution in [0.2, 0.25) is 12.1 Å². The Labute approximate surface area is 113 Å². The van der Waals surface area contributed by atoms with Crippen LogP contribution in [0.4, 0.5) is 0 Å². The van der Waals surface area contributed by atoms with Gasteiger partial charge < -0.3 is 10.1 Å². The van der Waals surface area contributed by atoms with E-state index in [1.54, 1.807) is 6.08 Å². The quantitative estimate of drug-likeness (QED) is 0.463. The lowest BCUT2D eigenvalue weighted by atomic mass is 9.44. The van der Waals surface area contributed by atoms with Crippen molar-refractivity contribution < 1.29 is 14.3 Å². The van der Waals surface area contributed by atoms with Gasteiger partial charge in [-0.15, -0.1) is 6.58 Å². The van der Waals surface area contributed by atoms with Crippen LogP contribution in [0.3, 0.4) is 0 Å². The Morgan fingerprint density at radius 2 is 2.37 bits per heavy atom. The summed E-state index contributed by atoms with van der Waals surface area (Å²) in [4.78, 5) is 24.1. The van der Waals surface area contributed by atoms with Crippen LogP contribution in [-0.2, 0) is 14.3 Å². The van der Waals surface area contributed by atoms with Crippen LogP contribution in [0.5, 0.6) is 0 Å². The monoisotopic (exact) mass is 260 g/mol. The van der Waals surface area contributed by atoms with Crippen LogP contribution in [0, 0.1) is 17.1 Å². The Balaban J connectivity index is 2.07. The molecule has 3 unspecified atom stereocenters. The van der Waals surface area contributed by atoms with E-state index in [-0.39, 0.29) is 24.4 Å². The van der Waals surface area contributed by atoms with Crippen molar-refractivity contribution in [3.8, 4) is 5.97 Å². The maximum atomic E-state index is 12.2. The van der Waals surface area contributed by atoms with E-state index in [2.05, 4.69) is 17.9 Å². The van der Waals surface area contributed by atoms with Gasteiger partial charge in [0.05, 0.1) is 7.11 Å². The third kappa shape index (κ3) is 2.25. The lowest BCUT2D eigenvalue weighted by molar-refractivity contribution is -0.146. The first kappa shape index (κ1) is 13.7. The minimum atomic E-state index is -0.948. The maximum Gasteiger partial charge on any atom is 0.332 e. The maximum absolute atomic E-state index is 12.2. The Bertz CT molecular complexity index is 459. The summed E-state index contributed by atoms with van der Waals surface area (Å²) in [5.74, 6) is 1.14. The van der Waals surface area contributed by atoms with Gasteiger partial charge >= 0.3 is 5.97 Å². The molecule has 0 aromatic heterocycles. The highest BCUT2D eigenvalue weighted by Crippen LogP contribution is 2.46. The number of carbonyl (C=O) groups is 2. The lowest BCUT2D eigenvalue weighted by Crippen LogP contribution is -2.48. The van der Waals surface area contributed by atoms with Crippen LogP contribution in [0.1, 0.15) is 19.3 Å². The van der Waals surface area contributed by atoms with Gasteiger partial charge in [0.25, 0.3) is 6.71 Å². The normalized spacial score (nSPS) is 32.3. The van der Waals surface area contributed by atoms with Crippen LogP contribution < -0.4 is 5.32 Å². The fraction of sp³-hybridized carbons (Fsp3) is 0.615. The molecule has 2 rings (SSSR count). The van der Waals surface area contributed by atoms with Crippen molar-refractivity contribution >= 4 is 18.6 Å². The zero-order valence-electron chi connectivity index (χ0n) is 11.0. The summed E-state index contributed by atoms with van der Waals surface area (Å²) >= 11 is 0. The van der Waals surface area contributed by atoms with E-state index in [1.807, 2.05) is 0 Å². The Hall–Kier alpha value is -1.77. The zero-order valence-corrected chi connectivity index (χ0v) is 11.0. The fourth-order valence-corrected chi connectivity index (χ4v) is 2.92. The molecule has 1 saturated heterocycles. The highest BCUT2D eigenvalue weighted by Gasteiger charge is 2.61. The summed E-state index contributed by atoms with van der Waals surface area (Å²) in [5, 5.41) is 11.8. The minimum Gasteiger partial charge on any atom is -0.467 e. The standard InChI is InChI=1S/C13H17BN2O3/c1-3-9-7-13(9,12(18)19-2)16-11(17)10-5-4-6-14(10)8-15/h3,9-10H,1,4-7H2,2H3,(H,16,17). The number of hydrogen-bond acceptors (Lipinski definition) is 4. The van der Waals surface area contributed by atoms with Crippen molar-refractivity contribution in [3.05, 3.63) is 12.7 Å². The first-order valence-electron chi connectivity index (χ1n) is 6.51. The van der Waals surface area contributed by atoms with E-state index in [0.29, 0.717) is 12.8 Å². The molecule has 1 aliphatic heterocycles. The largest absolute Gasteiger partial charge is 0.467 e. The summed E-state index contributed by atoms with van der Waals surface area (Å²) in [6.07, 6.45) is 4.53. The molecule has 0 bridgehead atoms. The van der Waals surface area contributed by atoms with E-state index in [1.165, 1.54) is 7.11 Å². The predicted octanol–water partition coefficient (Wildman–Crippen LogP) is 0.942. The van der Waals surface area contributed by atoms with Crippen molar-refractivity contribution in [2.24, 2.45) is 5.92 Å². The Morgan fingerprint density at radius 3 is 2.89 bits per heavy atom. The van der Waals surface area contributed by atoms with Gasteiger partial charge in [0.2, 0.25) is 5.91 Å². The smallest absolute Gasteiger partial charge is 0.332 e. The molecule has 1 aliphatic carbocycles. The number of nitriles is 1. The molecule has 0 aromatic carbocycles. The lowest BCUT2D eigenvalue weighted by Gasteiger charge is -2.19. The number of carbonyl (C=O) groups excluding carboxylic acids is 2. The van der Waals surface area contributed by atoms with Crippen molar-refractivity contribution in [3.63, 3.8) is 0 Å². The average Bonchev–Trinajstić information content (AvgIpc) is 2.92. The summed E-state index contributed by atoms with van der Waals surface area (Å²) in [6.45, 7) is 3.42. The number of rotatable bonds is 4. The highest BCUT2D eigenvalue weighted by atomic mass is 16.5. The second kappa shape index (κ2) is 5.08. The number of esters is 1. The second-order valence-electron chi connectivity index (χ2n) is 5.27. The number of ether oxygens (including phenoxy) is 1. The molecule has 3 atom stereocenters. The minimum absolute atomic E-state index is 0.0779. The number of hydrogen-bond donors (Lipinski definition) is 1. The van der Waals surface area contributed by atoms with Gasteiger partial charge in [0, 0.05) is 17.7 Å². The van der Waals surface area contributed by atoms with Gasteiger partial charge in [-0.1, -0.05) is 18.8 Å². The summed E-state index contributed by atoms with van der Waals surface area (Å²) in [5.41, 5.74) is -0.948. The number of nitrogens with zero attached hydrogens (tertiary/aromatic N) is 1. The van der Waals surface area contributed by atoms with Gasteiger partial charge in [-0.2, -0.15) is 0 Å². The van der Waals surface area contributed by atoms with E-state index in [9.17, 15) is 9.59 Å². The van der Waals surface area contributed by atoms with Crippen molar-refractivity contribution in [1.82, 2.24) is 5.32 Å². The third-order valence-electron chi connectivity index (χ3n) is 4.21. The van der Waals surface area contributed by atoms with E-state index in [0.717, 1.165) is 12.7 Å². The SMILES string of the molecule is C=CC1CC1(NC(=O)C1CCCB1C#N)C(=O)OC. The molecular formula is C13H17BN2O3. The molecule has 2 aliphatic rings. The molecule has 0 radical (unpaired) electrons. The van der Waals surface area contributed by atoms with E-state index in [4.69, 9.17) is 10.00 Å². The van der Waals surface area contributed by atoms with Crippen molar-refractivity contribution in [2.45, 2.75) is 36.9 Å². The van der Waals surface area contributed by atoms with Gasteiger partial charge in [-0.3, -0.25) is 4.79 Å². The van der Waals surface area contributed by atoms with Crippen LogP contribution in [0.15, 0.2) is 12.7 Å². The van der Waals surface area contributed by atoms with Crippen LogP contribution in [-0.4, -0.2) is 31.2 Å². The molecule has 6 heteroatoms. The van der Waals surface area contributed by atoms with Crippen molar-refractivity contribution in [2.75, 3.05) is 7.11 Å². The first-order valence-corrected chi connectivity index (χ1v) is 6.51. The topological polar surface area (TPSA) is 79.2 Å². The summed E-state index contributed by atoms with van der Waals surface area (Å²) in [6, 6.07) is 0. The van der Waals surface area contributed by atoms with E-state index < -0.39 is 11.5 Å². The summed E-state index contributed by atoms with van der Waals surface area (Å²) < 4.78 is 4.76. The fourth-order valence-electron chi connectivity index (χ4n) is 2.92. The first-order chi connectivity index (χ1) is 9.08. The molecule has 1 amide bonds. The molecule has 100 valence electrons. The van der Waals surface area contributed by atoms with Gasteiger partial charge in [-0.05, 0) is 12.8 Å². The molecule has 1 heterocycles. The van der Waals surface area contributed by atoms with Crippen molar-refractivity contribution in [1.29, 1.82) is 5.26 Å². The van der Waals surface area contributed by atoms with Gasteiger partial charge in [0.15, 0.2) is 0 Å². The molecule has 1 N–H and O–H groups in total. The molecule has 2 fully saturated rings. The predicted molar refractivity (Wildman–Crippen MR) is 70.4 cm³/mol. The number of nitrogens with one attached hydrogen (secondary N) is 1. The second-order valence-corrected chi connectivity index (χ2v) is 5.27. The summed E-state index contributed by atoms with van der Waals surface area (Å²) in [7, 11) is 1.31. The molecule has 19 heavy (non-hydrogen) atoms. The van der Waals surface area contributed by atoms with E-state index >= 15 is 0 Å². The third-order valence-corrected chi connectivity index (χ3v) is 4.21. The molecule has 1 saturated carbocycles. The molecule has 5 nitrogen and oxygen atoms in total. The Morgan fingerprint density at radius 1 is 1.63 bits per heavy atom. The highest BCUT2D eigenvalue weighted by molar-refractivity contribution is 6.72. The van der Waals surface area contributed by atoms with Crippen LogP contribution in [0.25, 0.3) is 0 Å². The average molecular weight is 260 g/mol. The Kier molecular flexibility index (Phi) is 3.65. The zero-order chi connectivity index (χ0) is 14.0. The van der Waals surface area contributed by atoms with Gasteiger partial charge in [-0.25, -0.2) is 10.1 Å². The number of amides is 1. The molecular weight excluding hydrogens is 243 g/mol. The van der Waals surface area contributed by atoms with Gasteiger partial charge in [0.1, 0.15) is 5.54 Å².